The summed E-state index contributed by atoms with van der Waals surface area (Å²) in [5.74, 6) is 0.155. The number of hydrogen-bond donors (Lipinski definition) is 3. The van der Waals surface area contributed by atoms with Gasteiger partial charge < -0.3 is 16.4 Å². The summed E-state index contributed by atoms with van der Waals surface area (Å²) in [5, 5.41) is 5.31. The lowest BCUT2D eigenvalue weighted by atomic mass is 10.0. The topological polar surface area (TPSA) is 84.2 Å². The molecule has 0 bridgehead atoms. The van der Waals surface area contributed by atoms with Crippen LogP contribution in [-0.4, -0.2) is 30.9 Å². The van der Waals surface area contributed by atoms with Crippen molar-refractivity contribution in [2.75, 3.05) is 13.1 Å². The summed E-state index contributed by atoms with van der Waals surface area (Å²) in [6.45, 7) is 6.84. The van der Waals surface area contributed by atoms with Crippen LogP contribution in [0.5, 0.6) is 0 Å². The SMILES string of the molecule is CCNC(=O)CCNC(=O)C(N)CC(C)C. The lowest BCUT2D eigenvalue weighted by molar-refractivity contribution is -0.123. The predicted molar refractivity (Wildman–Crippen MR) is 63.7 cm³/mol. The monoisotopic (exact) mass is 229 g/mol. The van der Waals surface area contributed by atoms with Crippen molar-refractivity contribution in [3.05, 3.63) is 0 Å². The van der Waals surface area contributed by atoms with E-state index in [1.165, 1.54) is 0 Å². The molecule has 0 aliphatic heterocycles. The van der Waals surface area contributed by atoms with Gasteiger partial charge in [0.25, 0.3) is 0 Å². The van der Waals surface area contributed by atoms with Crippen molar-refractivity contribution in [3.8, 4) is 0 Å². The van der Waals surface area contributed by atoms with Crippen LogP contribution >= 0.6 is 0 Å². The molecule has 0 spiro atoms. The van der Waals surface area contributed by atoms with Crippen LogP contribution < -0.4 is 16.4 Å². The fourth-order valence-electron chi connectivity index (χ4n) is 1.33. The zero-order valence-corrected chi connectivity index (χ0v) is 10.4. The lowest BCUT2D eigenvalue weighted by Gasteiger charge is -2.13. The molecule has 0 aromatic heterocycles. The van der Waals surface area contributed by atoms with Crippen LogP contribution in [-0.2, 0) is 9.59 Å². The Morgan fingerprint density at radius 2 is 1.88 bits per heavy atom. The molecule has 5 heteroatoms. The summed E-state index contributed by atoms with van der Waals surface area (Å²) >= 11 is 0. The van der Waals surface area contributed by atoms with Crippen LogP contribution in [0.1, 0.15) is 33.6 Å². The van der Waals surface area contributed by atoms with Gasteiger partial charge in [-0.3, -0.25) is 9.59 Å². The Labute approximate surface area is 97.2 Å². The first-order valence-electron chi connectivity index (χ1n) is 5.77. The van der Waals surface area contributed by atoms with Crippen LogP contribution in [0.2, 0.25) is 0 Å². The second kappa shape index (κ2) is 8.10. The van der Waals surface area contributed by atoms with Crippen molar-refractivity contribution in [1.29, 1.82) is 0 Å². The molecule has 16 heavy (non-hydrogen) atoms. The van der Waals surface area contributed by atoms with E-state index in [1.807, 2.05) is 20.8 Å². The Hall–Kier alpha value is -1.10. The Morgan fingerprint density at radius 3 is 2.38 bits per heavy atom. The van der Waals surface area contributed by atoms with Crippen LogP contribution in [0, 0.1) is 5.92 Å². The molecule has 1 unspecified atom stereocenters. The maximum Gasteiger partial charge on any atom is 0.236 e. The summed E-state index contributed by atoms with van der Waals surface area (Å²) in [4.78, 5) is 22.5. The van der Waals surface area contributed by atoms with Gasteiger partial charge in [-0.1, -0.05) is 13.8 Å². The number of rotatable bonds is 7. The Balaban J connectivity index is 3.68. The van der Waals surface area contributed by atoms with Gasteiger partial charge in [0.2, 0.25) is 11.8 Å². The second-order valence-corrected chi connectivity index (χ2v) is 4.23. The van der Waals surface area contributed by atoms with E-state index < -0.39 is 6.04 Å². The van der Waals surface area contributed by atoms with E-state index >= 15 is 0 Å². The average Bonchev–Trinajstić information content (AvgIpc) is 2.16. The minimum Gasteiger partial charge on any atom is -0.356 e. The van der Waals surface area contributed by atoms with E-state index in [1.54, 1.807) is 0 Å². The van der Waals surface area contributed by atoms with Crippen molar-refractivity contribution >= 4 is 11.8 Å². The molecule has 0 aliphatic rings. The zero-order chi connectivity index (χ0) is 12.6. The number of nitrogens with one attached hydrogen (secondary N) is 2. The second-order valence-electron chi connectivity index (χ2n) is 4.23. The van der Waals surface area contributed by atoms with E-state index in [-0.39, 0.29) is 11.8 Å². The Morgan fingerprint density at radius 1 is 1.25 bits per heavy atom. The highest BCUT2D eigenvalue weighted by atomic mass is 16.2. The van der Waals surface area contributed by atoms with Crippen LogP contribution in [0.4, 0.5) is 0 Å². The molecule has 0 aromatic rings. The Kier molecular flexibility index (Phi) is 7.54. The summed E-state index contributed by atoms with van der Waals surface area (Å²) < 4.78 is 0. The molecule has 94 valence electrons. The molecule has 5 nitrogen and oxygen atoms in total. The quantitative estimate of drug-likeness (QED) is 0.574. The Bertz CT molecular complexity index is 229. The van der Waals surface area contributed by atoms with Gasteiger partial charge in [0.1, 0.15) is 0 Å². The number of amides is 2. The third-order valence-corrected chi connectivity index (χ3v) is 2.09. The van der Waals surface area contributed by atoms with Crippen molar-refractivity contribution in [1.82, 2.24) is 10.6 Å². The van der Waals surface area contributed by atoms with Gasteiger partial charge in [0, 0.05) is 19.5 Å². The van der Waals surface area contributed by atoms with Gasteiger partial charge in [-0.15, -0.1) is 0 Å². The molecule has 0 saturated heterocycles. The van der Waals surface area contributed by atoms with Gasteiger partial charge in [-0.05, 0) is 19.3 Å². The highest BCUT2D eigenvalue weighted by Gasteiger charge is 2.14. The maximum atomic E-state index is 11.5. The lowest BCUT2D eigenvalue weighted by Crippen LogP contribution is -2.42. The van der Waals surface area contributed by atoms with Crippen LogP contribution in [0.3, 0.4) is 0 Å². The minimum absolute atomic E-state index is 0.0553. The molecule has 0 rings (SSSR count). The fourth-order valence-corrected chi connectivity index (χ4v) is 1.33. The molecule has 0 fully saturated rings. The minimum atomic E-state index is -0.478. The van der Waals surface area contributed by atoms with Gasteiger partial charge in [-0.2, -0.15) is 0 Å². The standard InChI is InChI=1S/C11H23N3O2/c1-4-13-10(15)5-6-14-11(16)9(12)7-8(2)3/h8-9H,4-7,12H2,1-3H3,(H,13,15)(H,14,16). The first kappa shape index (κ1) is 14.9. The molecule has 0 aliphatic carbocycles. The van der Waals surface area contributed by atoms with Gasteiger partial charge in [-0.25, -0.2) is 0 Å². The zero-order valence-electron chi connectivity index (χ0n) is 10.4. The normalized spacial score (nSPS) is 12.3. The first-order valence-corrected chi connectivity index (χ1v) is 5.77. The van der Waals surface area contributed by atoms with Gasteiger partial charge >= 0.3 is 0 Å². The van der Waals surface area contributed by atoms with E-state index in [4.69, 9.17) is 5.73 Å². The van der Waals surface area contributed by atoms with Crippen LogP contribution in [0.15, 0.2) is 0 Å². The third kappa shape index (κ3) is 7.23. The average molecular weight is 229 g/mol. The summed E-state index contributed by atoms with van der Waals surface area (Å²) in [7, 11) is 0. The van der Waals surface area contributed by atoms with E-state index in [9.17, 15) is 9.59 Å². The molecule has 4 N–H and O–H groups in total. The summed E-state index contributed by atoms with van der Waals surface area (Å²) in [6.07, 6.45) is 0.959. The number of carbonyl (C=O) groups is 2. The molecule has 0 saturated carbocycles. The fraction of sp³-hybridized carbons (Fsp3) is 0.818. The van der Waals surface area contributed by atoms with E-state index in [0.717, 1.165) is 0 Å². The number of carbonyl (C=O) groups excluding carboxylic acids is 2. The summed E-state index contributed by atoms with van der Waals surface area (Å²) in [6, 6.07) is -0.478. The van der Waals surface area contributed by atoms with E-state index in [0.29, 0.717) is 31.8 Å². The maximum absolute atomic E-state index is 11.5. The summed E-state index contributed by atoms with van der Waals surface area (Å²) in [5.41, 5.74) is 5.68. The number of hydrogen-bond acceptors (Lipinski definition) is 3. The molecule has 2 amide bonds. The van der Waals surface area contributed by atoms with E-state index in [2.05, 4.69) is 10.6 Å². The van der Waals surface area contributed by atoms with Gasteiger partial charge in [0.15, 0.2) is 0 Å². The molecule has 0 heterocycles. The molecular weight excluding hydrogens is 206 g/mol. The first-order chi connectivity index (χ1) is 7.47. The van der Waals surface area contributed by atoms with Crippen molar-refractivity contribution < 1.29 is 9.59 Å². The van der Waals surface area contributed by atoms with Crippen molar-refractivity contribution in [3.63, 3.8) is 0 Å². The molecule has 0 radical (unpaired) electrons. The van der Waals surface area contributed by atoms with Crippen LogP contribution in [0.25, 0.3) is 0 Å². The van der Waals surface area contributed by atoms with Gasteiger partial charge in [0.05, 0.1) is 6.04 Å². The highest BCUT2D eigenvalue weighted by Crippen LogP contribution is 2.02. The predicted octanol–water partition coefficient (Wildman–Crippen LogP) is 0.00220. The van der Waals surface area contributed by atoms with Crippen molar-refractivity contribution in [2.45, 2.75) is 39.7 Å². The number of nitrogens with two attached hydrogens (primary N) is 1. The smallest absolute Gasteiger partial charge is 0.236 e. The molecule has 1 atom stereocenters. The molecule has 0 aromatic carbocycles. The largest absolute Gasteiger partial charge is 0.356 e. The third-order valence-electron chi connectivity index (χ3n) is 2.09. The van der Waals surface area contributed by atoms with Crippen molar-refractivity contribution in [2.24, 2.45) is 11.7 Å². The molecular formula is C11H23N3O2. The highest BCUT2D eigenvalue weighted by molar-refractivity contribution is 5.82.